The van der Waals surface area contributed by atoms with Gasteiger partial charge >= 0.3 is 5.97 Å². The molecular formula is C18H27NO2. The summed E-state index contributed by atoms with van der Waals surface area (Å²) in [6, 6.07) is 8.04. The van der Waals surface area contributed by atoms with Gasteiger partial charge in [-0.15, -0.1) is 0 Å². The van der Waals surface area contributed by atoms with E-state index in [1.165, 1.54) is 32.1 Å². The van der Waals surface area contributed by atoms with E-state index in [1.54, 1.807) is 6.07 Å². The molecule has 0 aliphatic carbocycles. The van der Waals surface area contributed by atoms with E-state index in [-0.39, 0.29) is 0 Å². The van der Waals surface area contributed by atoms with Crippen molar-refractivity contribution < 1.29 is 9.90 Å². The molecule has 1 saturated heterocycles. The second kappa shape index (κ2) is 7.60. The van der Waals surface area contributed by atoms with Crippen LogP contribution < -0.4 is 0 Å². The maximum Gasteiger partial charge on any atom is 0.335 e. The van der Waals surface area contributed by atoms with Crippen molar-refractivity contribution >= 4 is 5.97 Å². The number of carbonyl (C=O) groups is 1. The van der Waals surface area contributed by atoms with Gasteiger partial charge in [0, 0.05) is 12.6 Å². The van der Waals surface area contributed by atoms with Gasteiger partial charge in [-0.25, -0.2) is 4.79 Å². The third-order valence-electron chi connectivity index (χ3n) is 4.39. The number of piperidine rings is 1. The molecule has 1 aliphatic heterocycles. The summed E-state index contributed by atoms with van der Waals surface area (Å²) >= 11 is 0. The first-order valence-corrected chi connectivity index (χ1v) is 8.12. The van der Waals surface area contributed by atoms with E-state index in [2.05, 4.69) is 18.7 Å². The van der Waals surface area contributed by atoms with Crippen molar-refractivity contribution in [2.75, 3.05) is 6.54 Å². The summed E-state index contributed by atoms with van der Waals surface area (Å²) in [5, 5.41) is 9.10. The summed E-state index contributed by atoms with van der Waals surface area (Å²) in [5.41, 5.74) is 1.51. The van der Waals surface area contributed by atoms with Gasteiger partial charge in [0.1, 0.15) is 0 Å². The molecule has 1 unspecified atom stereocenters. The Labute approximate surface area is 128 Å². The molecule has 0 bridgehead atoms. The fourth-order valence-corrected chi connectivity index (χ4v) is 3.16. The summed E-state index contributed by atoms with van der Waals surface area (Å²) in [6.45, 7) is 6.58. The lowest BCUT2D eigenvalue weighted by Gasteiger charge is -2.36. The van der Waals surface area contributed by atoms with Crippen molar-refractivity contribution in [3.8, 4) is 0 Å². The molecule has 116 valence electrons. The second-order valence-electron chi connectivity index (χ2n) is 6.60. The van der Waals surface area contributed by atoms with Gasteiger partial charge in [0.2, 0.25) is 0 Å². The van der Waals surface area contributed by atoms with E-state index >= 15 is 0 Å². The van der Waals surface area contributed by atoms with Crippen LogP contribution >= 0.6 is 0 Å². The normalized spacial score (nSPS) is 19.9. The van der Waals surface area contributed by atoms with Crippen molar-refractivity contribution in [3.05, 3.63) is 35.4 Å². The van der Waals surface area contributed by atoms with E-state index in [1.807, 2.05) is 18.2 Å². The molecule has 0 aromatic heterocycles. The Balaban J connectivity index is 2.01. The van der Waals surface area contributed by atoms with Crippen LogP contribution in [-0.2, 0) is 6.54 Å². The Morgan fingerprint density at radius 1 is 1.38 bits per heavy atom. The molecular weight excluding hydrogens is 262 g/mol. The number of benzene rings is 1. The van der Waals surface area contributed by atoms with Crippen molar-refractivity contribution in [2.24, 2.45) is 5.92 Å². The van der Waals surface area contributed by atoms with Crippen LogP contribution in [-0.4, -0.2) is 28.6 Å². The van der Waals surface area contributed by atoms with Gasteiger partial charge in [0.15, 0.2) is 0 Å². The third-order valence-corrected chi connectivity index (χ3v) is 4.39. The smallest absolute Gasteiger partial charge is 0.335 e. The molecule has 3 heteroatoms. The van der Waals surface area contributed by atoms with Crippen LogP contribution in [0.3, 0.4) is 0 Å². The van der Waals surface area contributed by atoms with Gasteiger partial charge in [-0.1, -0.05) is 32.4 Å². The second-order valence-corrected chi connectivity index (χ2v) is 6.60. The first kappa shape index (κ1) is 16.0. The third kappa shape index (κ3) is 4.85. The highest BCUT2D eigenvalue weighted by Crippen LogP contribution is 2.24. The zero-order chi connectivity index (χ0) is 15.2. The Hall–Kier alpha value is -1.35. The average molecular weight is 289 g/mol. The number of nitrogens with zero attached hydrogens (tertiary/aromatic N) is 1. The van der Waals surface area contributed by atoms with Gasteiger partial charge in [-0.2, -0.15) is 0 Å². The fourth-order valence-electron chi connectivity index (χ4n) is 3.16. The molecule has 0 saturated carbocycles. The summed E-state index contributed by atoms with van der Waals surface area (Å²) in [4.78, 5) is 13.6. The Morgan fingerprint density at radius 2 is 2.19 bits per heavy atom. The summed E-state index contributed by atoms with van der Waals surface area (Å²) in [6.07, 6.45) is 6.41. The van der Waals surface area contributed by atoms with Crippen molar-refractivity contribution in [1.82, 2.24) is 4.90 Å². The molecule has 1 fully saturated rings. The zero-order valence-electron chi connectivity index (χ0n) is 13.2. The van der Waals surface area contributed by atoms with E-state index in [0.717, 1.165) is 24.6 Å². The highest BCUT2D eigenvalue weighted by molar-refractivity contribution is 5.87. The number of hydrogen-bond donors (Lipinski definition) is 1. The van der Waals surface area contributed by atoms with E-state index < -0.39 is 5.97 Å². The van der Waals surface area contributed by atoms with E-state index in [9.17, 15) is 4.79 Å². The van der Waals surface area contributed by atoms with E-state index in [0.29, 0.717) is 11.6 Å². The highest BCUT2D eigenvalue weighted by Gasteiger charge is 2.22. The first-order valence-electron chi connectivity index (χ1n) is 8.12. The monoisotopic (exact) mass is 289 g/mol. The number of likely N-dealkylation sites (tertiary alicyclic amines) is 1. The number of rotatable bonds is 6. The predicted molar refractivity (Wildman–Crippen MR) is 85.5 cm³/mol. The molecule has 0 radical (unpaired) electrons. The zero-order valence-corrected chi connectivity index (χ0v) is 13.2. The standard InChI is InChI=1S/C18H27NO2/c1-14(2)9-10-17-8-3-4-11-19(17)13-15-6-5-7-16(12-15)18(20)21/h5-7,12,14,17H,3-4,8-11,13H2,1-2H3,(H,20,21). The minimum atomic E-state index is -0.841. The number of aromatic carboxylic acids is 1. The molecule has 0 spiro atoms. The predicted octanol–water partition coefficient (Wildman–Crippen LogP) is 4.18. The van der Waals surface area contributed by atoms with Gasteiger partial charge < -0.3 is 5.11 Å². The molecule has 1 N–H and O–H groups in total. The van der Waals surface area contributed by atoms with E-state index in [4.69, 9.17) is 5.11 Å². The first-order chi connectivity index (χ1) is 10.1. The van der Waals surface area contributed by atoms with Gasteiger partial charge in [-0.05, 0) is 55.8 Å². The average Bonchev–Trinajstić information content (AvgIpc) is 2.46. The summed E-state index contributed by atoms with van der Waals surface area (Å²) in [7, 11) is 0. The van der Waals surface area contributed by atoms with Gasteiger partial charge in [-0.3, -0.25) is 4.90 Å². The lowest BCUT2D eigenvalue weighted by atomic mass is 9.94. The van der Waals surface area contributed by atoms with Crippen LogP contribution in [0, 0.1) is 5.92 Å². The SMILES string of the molecule is CC(C)CCC1CCCCN1Cc1cccc(C(=O)O)c1. The molecule has 0 amide bonds. The fraction of sp³-hybridized carbons (Fsp3) is 0.611. The Morgan fingerprint density at radius 3 is 2.90 bits per heavy atom. The van der Waals surface area contributed by atoms with Gasteiger partial charge in [0.25, 0.3) is 0 Å². The van der Waals surface area contributed by atoms with Crippen molar-refractivity contribution in [1.29, 1.82) is 0 Å². The molecule has 1 aromatic carbocycles. The molecule has 21 heavy (non-hydrogen) atoms. The van der Waals surface area contributed by atoms with Crippen LogP contribution in [0.15, 0.2) is 24.3 Å². The lowest BCUT2D eigenvalue weighted by Crippen LogP contribution is -2.39. The lowest BCUT2D eigenvalue weighted by molar-refractivity contribution is 0.0696. The summed E-state index contributed by atoms with van der Waals surface area (Å²) < 4.78 is 0. The molecule has 1 aromatic rings. The molecule has 3 nitrogen and oxygen atoms in total. The number of carboxylic acid groups (broad SMARTS) is 1. The van der Waals surface area contributed by atoms with Crippen LogP contribution in [0.2, 0.25) is 0 Å². The minimum Gasteiger partial charge on any atom is -0.478 e. The highest BCUT2D eigenvalue weighted by atomic mass is 16.4. The molecule has 2 rings (SSSR count). The molecule has 1 aliphatic rings. The topological polar surface area (TPSA) is 40.5 Å². The quantitative estimate of drug-likeness (QED) is 0.854. The maximum atomic E-state index is 11.1. The number of hydrogen-bond acceptors (Lipinski definition) is 2. The maximum absolute atomic E-state index is 11.1. The molecule has 1 heterocycles. The summed E-state index contributed by atoms with van der Waals surface area (Å²) in [5.74, 6) is -0.0871. The van der Waals surface area contributed by atoms with Crippen LogP contribution in [0.5, 0.6) is 0 Å². The van der Waals surface area contributed by atoms with Crippen LogP contribution in [0.1, 0.15) is 61.9 Å². The largest absolute Gasteiger partial charge is 0.478 e. The van der Waals surface area contributed by atoms with Gasteiger partial charge in [0.05, 0.1) is 5.56 Å². The van der Waals surface area contributed by atoms with Crippen LogP contribution in [0.4, 0.5) is 0 Å². The molecule has 1 atom stereocenters. The number of carboxylic acids is 1. The van der Waals surface area contributed by atoms with Crippen molar-refractivity contribution in [2.45, 2.75) is 58.5 Å². The Bertz CT molecular complexity index is 470. The van der Waals surface area contributed by atoms with Crippen molar-refractivity contribution in [3.63, 3.8) is 0 Å². The van der Waals surface area contributed by atoms with Crippen LogP contribution in [0.25, 0.3) is 0 Å². The Kier molecular flexibility index (Phi) is 5.80. The minimum absolute atomic E-state index is 0.392.